The lowest BCUT2D eigenvalue weighted by Crippen LogP contribution is -2.29. The Hall–Kier alpha value is -0.300. The van der Waals surface area contributed by atoms with Crippen LogP contribution in [0.2, 0.25) is 0 Å². The van der Waals surface area contributed by atoms with Crippen LogP contribution in [-0.2, 0) is 0 Å². The topological polar surface area (TPSA) is 26.0 Å². The first kappa shape index (κ1) is 7.80. The Labute approximate surface area is 63.3 Å². The third-order valence-corrected chi connectivity index (χ3v) is 2.56. The van der Waals surface area contributed by atoms with E-state index in [4.69, 9.17) is 5.73 Å². The third kappa shape index (κ3) is 1.60. The first-order valence-corrected chi connectivity index (χ1v) is 4.17. The van der Waals surface area contributed by atoms with Gasteiger partial charge in [-0.3, -0.25) is 0 Å². The maximum atomic E-state index is 5.84. The van der Waals surface area contributed by atoms with Gasteiger partial charge in [0.15, 0.2) is 0 Å². The second-order valence-electron chi connectivity index (χ2n) is 3.31. The minimum absolute atomic E-state index is 0.290. The van der Waals surface area contributed by atoms with Crippen LogP contribution in [0.3, 0.4) is 0 Å². The third-order valence-electron chi connectivity index (χ3n) is 2.56. The molecule has 0 saturated heterocycles. The van der Waals surface area contributed by atoms with Crippen molar-refractivity contribution < 1.29 is 0 Å². The number of nitrogens with two attached hydrogens (primary N) is 1. The van der Waals surface area contributed by atoms with Crippen LogP contribution in [0, 0.1) is 5.92 Å². The van der Waals surface area contributed by atoms with Gasteiger partial charge in [-0.25, -0.2) is 0 Å². The molecule has 0 heterocycles. The highest BCUT2D eigenvalue weighted by Crippen LogP contribution is 2.27. The zero-order valence-electron chi connectivity index (χ0n) is 6.77. The van der Waals surface area contributed by atoms with E-state index in [0.717, 1.165) is 18.8 Å². The van der Waals surface area contributed by atoms with Crippen molar-refractivity contribution >= 4 is 0 Å². The van der Waals surface area contributed by atoms with E-state index in [1.165, 1.54) is 18.4 Å². The fourth-order valence-corrected chi connectivity index (χ4v) is 1.59. The number of rotatable bonds is 1. The van der Waals surface area contributed by atoms with Gasteiger partial charge in [0.05, 0.1) is 0 Å². The van der Waals surface area contributed by atoms with E-state index in [1.807, 2.05) is 0 Å². The molecule has 1 rings (SSSR count). The summed E-state index contributed by atoms with van der Waals surface area (Å²) >= 11 is 0. The second-order valence-corrected chi connectivity index (χ2v) is 3.31. The molecule has 0 amide bonds. The number of hydrogen-bond donors (Lipinski definition) is 1. The highest BCUT2D eigenvalue weighted by Gasteiger charge is 2.19. The molecule has 10 heavy (non-hydrogen) atoms. The second kappa shape index (κ2) is 3.20. The summed E-state index contributed by atoms with van der Waals surface area (Å²) in [5.74, 6) is 0.862. The Morgan fingerprint density at radius 3 is 2.90 bits per heavy atom. The molecule has 2 atom stereocenters. The average molecular weight is 139 g/mol. The predicted octanol–water partition coefficient (Wildman–Crippen LogP) is 2.08. The van der Waals surface area contributed by atoms with Gasteiger partial charge in [-0.2, -0.15) is 0 Å². The van der Waals surface area contributed by atoms with Crippen molar-refractivity contribution in [3.8, 4) is 0 Å². The minimum Gasteiger partial charge on any atom is -0.324 e. The molecule has 1 aliphatic rings. The van der Waals surface area contributed by atoms with Crippen molar-refractivity contribution in [2.45, 2.75) is 38.6 Å². The average Bonchev–Trinajstić information content (AvgIpc) is 1.95. The van der Waals surface area contributed by atoms with Gasteiger partial charge in [0.25, 0.3) is 0 Å². The molecule has 1 aliphatic carbocycles. The van der Waals surface area contributed by atoms with Crippen LogP contribution in [0.1, 0.15) is 32.6 Å². The van der Waals surface area contributed by atoms with Crippen LogP contribution in [0.5, 0.6) is 0 Å². The van der Waals surface area contributed by atoms with Crippen LogP contribution >= 0.6 is 0 Å². The van der Waals surface area contributed by atoms with Gasteiger partial charge >= 0.3 is 0 Å². The lowest BCUT2D eigenvalue weighted by atomic mass is 9.82. The van der Waals surface area contributed by atoms with E-state index in [2.05, 4.69) is 13.5 Å². The van der Waals surface area contributed by atoms with E-state index in [-0.39, 0.29) is 0 Å². The van der Waals surface area contributed by atoms with Gasteiger partial charge < -0.3 is 5.73 Å². The van der Waals surface area contributed by atoms with Crippen LogP contribution < -0.4 is 5.73 Å². The van der Waals surface area contributed by atoms with Gasteiger partial charge in [0.1, 0.15) is 0 Å². The summed E-state index contributed by atoms with van der Waals surface area (Å²) in [4.78, 5) is 0. The zero-order valence-corrected chi connectivity index (χ0v) is 6.77. The van der Waals surface area contributed by atoms with Gasteiger partial charge in [-0.15, -0.1) is 0 Å². The van der Waals surface area contributed by atoms with Gasteiger partial charge in [0.2, 0.25) is 0 Å². The van der Waals surface area contributed by atoms with Crippen molar-refractivity contribution in [2.75, 3.05) is 0 Å². The lowest BCUT2D eigenvalue weighted by molar-refractivity contribution is 0.369. The van der Waals surface area contributed by atoms with Crippen molar-refractivity contribution in [2.24, 2.45) is 11.7 Å². The Morgan fingerprint density at radius 2 is 2.40 bits per heavy atom. The minimum atomic E-state index is 0.290. The van der Waals surface area contributed by atoms with Crippen LogP contribution in [0.25, 0.3) is 0 Å². The molecule has 0 radical (unpaired) electrons. The van der Waals surface area contributed by atoms with Gasteiger partial charge in [-0.1, -0.05) is 25.5 Å². The molecule has 0 spiro atoms. The Kier molecular flexibility index (Phi) is 2.50. The van der Waals surface area contributed by atoms with E-state index in [9.17, 15) is 0 Å². The molecule has 1 heteroatoms. The highest BCUT2D eigenvalue weighted by molar-refractivity contribution is 5.07. The molecule has 0 aromatic heterocycles. The summed E-state index contributed by atoms with van der Waals surface area (Å²) in [6.07, 6.45) is 4.90. The normalized spacial score (nSPS) is 34.4. The first-order valence-electron chi connectivity index (χ1n) is 4.17. The summed E-state index contributed by atoms with van der Waals surface area (Å²) in [6.45, 7) is 6.18. The summed E-state index contributed by atoms with van der Waals surface area (Å²) < 4.78 is 0. The van der Waals surface area contributed by atoms with E-state index in [1.54, 1.807) is 0 Å². The van der Waals surface area contributed by atoms with Crippen LogP contribution in [-0.4, -0.2) is 6.04 Å². The van der Waals surface area contributed by atoms with E-state index in [0.29, 0.717) is 6.04 Å². The monoisotopic (exact) mass is 139 g/mol. The molecule has 58 valence electrons. The lowest BCUT2D eigenvalue weighted by Gasteiger charge is -2.27. The SMILES string of the molecule is C=C1CCC(CC)CC1N. The van der Waals surface area contributed by atoms with Crippen molar-refractivity contribution in [1.82, 2.24) is 0 Å². The fourth-order valence-electron chi connectivity index (χ4n) is 1.59. The van der Waals surface area contributed by atoms with Gasteiger partial charge in [-0.05, 0) is 25.2 Å². The van der Waals surface area contributed by atoms with Crippen molar-refractivity contribution in [3.63, 3.8) is 0 Å². The molecular weight excluding hydrogens is 122 g/mol. The Balaban J connectivity index is 2.40. The van der Waals surface area contributed by atoms with Crippen LogP contribution in [0.15, 0.2) is 12.2 Å². The largest absolute Gasteiger partial charge is 0.324 e. The summed E-state index contributed by atoms with van der Waals surface area (Å²) in [7, 11) is 0. The van der Waals surface area contributed by atoms with Crippen molar-refractivity contribution in [3.05, 3.63) is 12.2 Å². The van der Waals surface area contributed by atoms with Crippen molar-refractivity contribution in [1.29, 1.82) is 0 Å². The Morgan fingerprint density at radius 1 is 1.70 bits per heavy atom. The first-order chi connectivity index (χ1) is 4.74. The maximum Gasteiger partial charge on any atom is 0.0253 e. The molecule has 1 fully saturated rings. The molecule has 0 bridgehead atoms. The Bertz CT molecular complexity index is 129. The molecule has 2 unspecified atom stereocenters. The molecule has 0 aliphatic heterocycles. The number of hydrogen-bond acceptors (Lipinski definition) is 1. The molecule has 0 aromatic rings. The zero-order chi connectivity index (χ0) is 7.56. The fraction of sp³-hybridized carbons (Fsp3) is 0.778. The molecule has 1 saturated carbocycles. The van der Waals surface area contributed by atoms with Gasteiger partial charge in [0, 0.05) is 6.04 Å². The molecular formula is C9H17N. The summed E-state index contributed by atoms with van der Waals surface area (Å²) in [6, 6.07) is 0.290. The molecule has 0 aromatic carbocycles. The predicted molar refractivity (Wildman–Crippen MR) is 44.7 cm³/mol. The summed E-state index contributed by atoms with van der Waals surface area (Å²) in [5.41, 5.74) is 7.10. The maximum absolute atomic E-state index is 5.84. The van der Waals surface area contributed by atoms with E-state index < -0.39 is 0 Å². The standard InChI is InChI=1S/C9H17N/c1-3-8-5-4-7(2)9(10)6-8/h8-9H,2-6,10H2,1H3. The van der Waals surface area contributed by atoms with Crippen LogP contribution in [0.4, 0.5) is 0 Å². The highest BCUT2D eigenvalue weighted by atomic mass is 14.6. The van der Waals surface area contributed by atoms with E-state index >= 15 is 0 Å². The summed E-state index contributed by atoms with van der Waals surface area (Å²) in [5, 5.41) is 0. The molecule has 1 nitrogen and oxygen atoms in total. The molecule has 2 N–H and O–H groups in total. The quantitative estimate of drug-likeness (QED) is 0.553. The smallest absolute Gasteiger partial charge is 0.0253 e.